The number of carbonyl (C=O) groups excluding carboxylic acids is 1. The van der Waals surface area contributed by atoms with E-state index < -0.39 is 0 Å². The first kappa shape index (κ1) is 18.5. The smallest absolute Gasteiger partial charge is 0.311 e. The molecule has 1 aromatic carbocycles. The molecule has 0 aliphatic rings. The molecule has 1 rings (SSSR count). The Morgan fingerprint density at radius 1 is 0.818 bits per heavy atom. The molecule has 0 bridgehead atoms. The number of carbonyl (C=O) groups is 1. The van der Waals surface area contributed by atoms with Gasteiger partial charge in [-0.3, -0.25) is 4.79 Å². The van der Waals surface area contributed by atoms with Crippen LogP contribution in [0.25, 0.3) is 0 Å². The first-order valence-corrected chi connectivity index (χ1v) is 8.61. The predicted octanol–water partition coefficient (Wildman–Crippen LogP) is 5.52. The maximum Gasteiger partial charge on any atom is 0.311 e. The van der Waals surface area contributed by atoms with Gasteiger partial charge >= 0.3 is 5.97 Å². The first-order valence-electron chi connectivity index (χ1n) is 8.61. The Kier molecular flexibility index (Phi) is 10.2. The topological polar surface area (TPSA) is 35.5 Å². The SMILES string of the molecule is CCCCCCCCCCCC(=O)Oc1ccc(OC)cc1. The van der Waals surface area contributed by atoms with Gasteiger partial charge in [-0.2, -0.15) is 0 Å². The van der Waals surface area contributed by atoms with Crippen molar-refractivity contribution in [1.82, 2.24) is 0 Å². The van der Waals surface area contributed by atoms with Crippen LogP contribution < -0.4 is 9.47 Å². The molecular formula is C19H30O3. The number of hydrogen-bond acceptors (Lipinski definition) is 3. The highest BCUT2D eigenvalue weighted by Crippen LogP contribution is 2.18. The van der Waals surface area contributed by atoms with Crippen molar-refractivity contribution >= 4 is 5.97 Å². The number of ether oxygens (including phenoxy) is 2. The molecule has 0 saturated heterocycles. The summed E-state index contributed by atoms with van der Waals surface area (Å²) < 4.78 is 10.4. The van der Waals surface area contributed by atoms with Crippen LogP contribution in [0.1, 0.15) is 71.1 Å². The van der Waals surface area contributed by atoms with Crippen molar-refractivity contribution in [3.05, 3.63) is 24.3 Å². The molecule has 124 valence electrons. The van der Waals surface area contributed by atoms with Gasteiger partial charge in [0.25, 0.3) is 0 Å². The maximum atomic E-state index is 11.7. The fourth-order valence-electron chi connectivity index (χ4n) is 2.41. The monoisotopic (exact) mass is 306 g/mol. The first-order chi connectivity index (χ1) is 10.8. The molecule has 22 heavy (non-hydrogen) atoms. The fraction of sp³-hybridized carbons (Fsp3) is 0.632. The van der Waals surface area contributed by atoms with Crippen LogP contribution in [0.4, 0.5) is 0 Å². The van der Waals surface area contributed by atoms with Crippen LogP contribution in [-0.4, -0.2) is 13.1 Å². The van der Waals surface area contributed by atoms with E-state index in [-0.39, 0.29) is 5.97 Å². The van der Waals surface area contributed by atoms with Crippen molar-refractivity contribution < 1.29 is 14.3 Å². The van der Waals surface area contributed by atoms with Gasteiger partial charge in [0, 0.05) is 6.42 Å². The van der Waals surface area contributed by atoms with E-state index in [2.05, 4.69) is 6.92 Å². The minimum atomic E-state index is -0.145. The van der Waals surface area contributed by atoms with E-state index in [0.29, 0.717) is 12.2 Å². The van der Waals surface area contributed by atoms with Gasteiger partial charge in [-0.25, -0.2) is 0 Å². The lowest BCUT2D eigenvalue weighted by Crippen LogP contribution is -2.07. The van der Waals surface area contributed by atoms with Gasteiger partial charge in [0.2, 0.25) is 0 Å². The number of benzene rings is 1. The number of unbranched alkanes of at least 4 members (excludes halogenated alkanes) is 8. The van der Waals surface area contributed by atoms with E-state index in [1.54, 1.807) is 31.4 Å². The van der Waals surface area contributed by atoms with E-state index in [4.69, 9.17) is 9.47 Å². The van der Waals surface area contributed by atoms with Crippen molar-refractivity contribution in [3.63, 3.8) is 0 Å². The number of methoxy groups -OCH3 is 1. The lowest BCUT2D eigenvalue weighted by molar-refractivity contribution is -0.134. The van der Waals surface area contributed by atoms with Crippen molar-refractivity contribution in [2.24, 2.45) is 0 Å². The minimum absolute atomic E-state index is 0.145. The molecule has 0 spiro atoms. The van der Waals surface area contributed by atoms with Gasteiger partial charge in [-0.15, -0.1) is 0 Å². The summed E-state index contributed by atoms with van der Waals surface area (Å²) in [7, 11) is 1.62. The van der Waals surface area contributed by atoms with E-state index in [1.165, 1.54) is 44.9 Å². The molecule has 0 N–H and O–H groups in total. The number of esters is 1. The molecule has 3 nitrogen and oxygen atoms in total. The summed E-state index contributed by atoms with van der Waals surface area (Å²) in [6.45, 7) is 2.24. The number of hydrogen-bond donors (Lipinski definition) is 0. The summed E-state index contributed by atoms with van der Waals surface area (Å²) in [4.78, 5) is 11.7. The average Bonchev–Trinajstić information content (AvgIpc) is 2.54. The van der Waals surface area contributed by atoms with Crippen LogP contribution in [-0.2, 0) is 4.79 Å². The molecule has 0 aromatic heterocycles. The molecule has 0 unspecified atom stereocenters. The maximum absolute atomic E-state index is 11.7. The third-order valence-electron chi connectivity index (χ3n) is 3.78. The van der Waals surface area contributed by atoms with Gasteiger partial charge in [0.1, 0.15) is 11.5 Å². The van der Waals surface area contributed by atoms with Crippen LogP contribution in [0.15, 0.2) is 24.3 Å². The second-order valence-corrected chi connectivity index (χ2v) is 5.73. The standard InChI is InChI=1S/C19H30O3/c1-3-4-5-6-7-8-9-10-11-12-19(20)22-18-15-13-17(21-2)14-16-18/h13-16H,3-12H2,1-2H3. The van der Waals surface area contributed by atoms with Gasteiger partial charge in [0.15, 0.2) is 0 Å². The Labute approximate surface area is 135 Å². The third-order valence-corrected chi connectivity index (χ3v) is 3.78. The highest BCUT2D eigenvalue weighted by molar-refractivity contribution is 5.72. The molecule has 0 heterocycles. The van der Waals surface area contributed by atoms with E-state index in [0.717, 1.165) is 18.6 Å². The Hall–Kier alpha value is -1.51. The highest BCUT2D eigenvalue weighted by Gasteiger charge is 2.04. The second kappa shape index (κ2) is 12.1. The minimum Gasteiger partial charge on any atom is -0.497 e. The summed E-state index contributed by atoms with van der Waals surface area (Å²) in [5.74, 6) is 1.20. The van der Waals surface area contributed by atoms with Crippen molar-refractivity contribution in [2.45, 2.75) is 71.1 Å². The summed E-state index contributed by atoms with van der Waals surface area (Å²) in [5.41, 5.74) is 0. The van der Waals surface area contributed by atoms with Gasteiger partial charge in [0.05, 0.1) is 7.11 Å². The third kappa shape index (κ3) is 8.71. The van der Waals surface area contributed by atoms with E-state index >= 15 is 0 Å². The van der Waals surface area contributed by atoms with Crippen LogP contribution in [0.2, 0.25) is 0 Å². The molecule has 0 aliphatic carbocycles. The zero-order valence-corrected chi connectivity index (χ0v) is 14.1. The van der Waals surface area contributed by atoms with Gasteiger partial charge < -0.3 is 9.47 Å². The Balaban J connectivity index is 2.01. The quantitative estimate of drug-likeness (QED) is 0.290. The predicted molar refractivity (Wildman–Crippen MR) is 90.5 cm³/mol. The van der Waals surface area contributed by atoms with Crippen LogP contribution in [0, 0.1) is 0 Å². The molecule has 0 saturated carbocycles. The zero-order valence-electron chi connectivity index (χ0n) is 14.1. The summed E-state index contributed by atoms with van der Waals surface area (Å²) in [5, 5.41) is 0. The second-order valence-electron chi connectivity index (χ2n) is 5.73. The largest absolute Gasteiger partial charge is 0.497 e. The number of rotatable bonds is 12. The van der Waals surface area contributed by atoms with Crippen molar-refractivity contribution in [2.75, 3.05) is 7.11 Å². The Bertz CT molecular complexity index is 398. The molecule has 1 aromatic rings. The summed E-state index contributed by atoms with van der Waals surface area (Å²) in [6.07, 6.45) is 11.8. The fourth-order valence-corrected chi connectivity index (χ4v) is 2.41. The van der Waals surface area contributed by atoms with Crippen LogP contribution >= 0.6 is 0 Å². The van der Waals surface area contributed by atoms with Crippen LogP contribution in [0.3, 0.4) is 0 Å². The normalized spacial score (nSPS) is 10.5. The van der Waals surface area contributed by atoms with Crippen molar-refractivity contribution in [1.29, 1.82) is 0 Å². The van der Waals surface area contributed by atoms with E-state index in [1.807, 2.05) is 0 Å². The molecule has 0 radical (unpaired) electrons. The molecule has 0 atom stereocenters. The lowest BCUT2D eigenvalue weighted by atomic mass is 10.1. The van der Waals surface area contributed by atoms with Gasteiger partial charge in [-0.05, 0) is 30.7 Å². The molecule has 0 aliphatic heterocycles. The highest BCUT2D eigenvalue weighted by atomic mass is 16.5. The molecule has 0 amide bonds. The van der Waals surface area contributed by atoms with Crippen LogP contribution in [0.5, 0.6) is 11.5 Å². The van der Waals surface area contributed by atoms with Crippen molar-refractivity contribution in [3.8, 4) is 11.5 Å². The summed E-state index contributed by atoms with van der Waals surface area (Å²) >= 11 is 0. The van der Waals surface area contributed by atoms with E-state index in [9.17, 15) is 4.79 Å². The molecular weight excluding hydrogens is 276 g/mol. The molecule has 3 heteroatoms. The Morgan fingerprint density at radius 3 is 1.86 bits per heavy atom. The average molecular weight is 306 g/mol. The lowest BCUT2D eigenvalue weighted by Gasteiger charge is -2.05. The molecule has 0 fully saturated rings. The zero-order chi connectivity index (χ0) is 16.0. The van der Waals surface area contributed by atoms with Gasteiger partial charge in [-0.1, -0.05) is 58.3 Å². The Morgan fingerprint density at radius 2 is 1.32 bits per heavy atom. The summed E-state index contributed by atoms with van der Waals surface area (Å²) in [6, 6.07) is 7.10.